The Kier molecular flexibility index (Phi) is 5.69. The number of oxazole rings is 1. The highest BCUT2D eigenvalue weighted by Gasteiger charge is 2.31. The molecule has 3 heterocycles. The molecular weight excluding hydrogens is 404 g/mol. The second kappa shape index (κ2) is 8.39. The van der Waals surface area contributed by atoms with E-state index in [1.165, 1.54) is 5.56 Å². The number of aryl methyl sites for hydroxylation is 2. The second-order valence-corrected chi connectivity index (χ2v) is 9.26. The predicted octanol–water partition coefficient (Wildman–Crippen LogP) is 5.17. The van der Waals surface area contributed by atoms with E-state index < -0.39 is 0 Å². The van der Waals surface area contributed by atoms with E-state index in [0.717, 1.165) is 38.5 Å². The van der Waals surface area contributed by atoms with Crippen LogP contribution in [0.15, 0.2) is 46.9 Å². The molecule has 1 aliphatic heterocycles. The molecule has 1 fully saturated rings. The highest BCUT2D eigenvalue weighted by Crippen LogP contribution is 2.27. The number of thiophene rings is 1. The number of amides is 2. The molecule has 29 heavy (non-hydrogen) atoms. The third-order valence-corrected chi connectivity index (χ3v) is 6.67. The smallest absolute Gasteiger partial charge is 0.286 e. The summed E-state index contributed by atoms with van der Waals surface area (Å²) in [4.78, 5) is 29.8. The summed E-state index contributed by atoms with van der Waals surface area (Å²) < 4.78 is 5.83. The van der Waals surface area contributed by atoms with Crippen LogP contribution >= 0.6 is 23.1 Å². The topological polar surface area (TPSA) is 72.2 Å². The van der Waals surface area contributed by atoms with Crippen LogP contribution in [0.3, 0.4) is 0 Å². The lowest BCUT2D eigenvalue weighted by Crippen LogP contribution is -2.25. The van der Waals surface area contributed by atoms with Gasteiger partial charge in [0.1, 0.15) is 5.76 Å². The molecule has 3 aromatic rings. The van der Waals surface area contributed by atoms with E-state index in [2.05, 4.69) is 29.4 Å². The van der Waals surface area contributed by atoms with Crippen molar-refractivity contribution in [3.8, 4) is 11.5 Å². The number of allylic oxidation sites excluding steroid dienone is 1. The molecule has 0 radical (unpaired) electrons. The summed E-state index contributed by atoms with van der Waals surface area (Å²) in [6, 6.07) is 12.2. The first-order valence-corrected chi connectivity index (χ1v) is 11.0. The van der Waals surface area contributed by atoms with Gasteiger partial charge in [-0.05, 0) is 44.2 Å². The third-order valence-electron chi connectivity index (χ3n) is 4.62. The van der Waals surface area contributed by atoms with E-state index in [-0.39, 0.29) is 16.4 Å². The Labute approximate surface area is 177 Å². The van der Waals surface area contributed by atoms with Crippen molar-refractivity contribution in [2.75, 3.05) is 0 Å². The van der Waals surface area contributed by atoms with E-state index in [0.29, 0.717) is 18.7 Å². The quantitative estimate of drug-likeness (QED) is 0.591. The van der Waals surface area contributed by atoms with Crippen LogP contribution in [0.5, 0.6) is 0 Å². The van der Waals surface area contributed by atoms with Crippen LogP contribution in [0.1, 0.15) is 26.8 Å². The van der Waals surface area contributed by atoms with Crippen molar-refractivity contribution in [3.63, 3.8) is 0 Å². The van der Waals surface area contributed by atoms with Gasteiger partial charge >= 0.3 is 0 Å². The molecule has 0 aliphatic carbocycles. The fourth-order valence-corrected chi connectivity index (χ4v) is 4.97. The summed E-state index contributed by atoms with van der Waals surface area (Å²) in [5.41, 5.74) is 3.10. The first-order chi connectivity index (χ1) is 14.0. The number of carbonyl (C=O) groups is 2. The van der Waals surface area contributed by atoms with Gasteiger partial charge in [-0.15, -0.1) is 11.3 Å². The van der Waals surface area contributed by atoms with Gasteiger partial charge < -0.3 is 4.42 Å². The van der Waals surface area contributed by atoms with Crippen molar-refractivity contribution in [2.45, 2.75) is 31.9 Å². The highest BCUT2D eigenvalue weighted by molar-refractivity contribution is 8.15. The van der Waals surface area contributed by atoms with Gasteiger partial charge in [0, 0.05) is 28.2 Å². The largest absolute Gasteiger partial charge is 0.441 e. The van der Waals surface area contributed by atoms with Crippen molar-refractivity contribution >= 4 is 40.3 Å². The molecule has 0 spiro atoms. The number of aromatic nitrogens is 1. The maximum absolute atomic E-state index is 11.7. The zero-order chi connectivity index (χ0) is 20.4. The molecule has 0 saturated carbocycles. The molecule has 2 amide bonds. The highest BCUT2D eigenvalue weighted by atomic mass is 32.2. The fourth-order valence-electron chi connectivity index (χ4n) is 3.03. The molecule has 1 aliphatic rings. The summed E-state index contributed by atoms with van der Waals surface area (Å²) in [6.07, 6.45) is 5.38. The molecule has 5 nitrogen and oxygen atoms in total. The summed E-state index contributed by atoms with van der Waals surface area (Å²) in [6.45, 7) is 3.99. The van der Waals surface area contributed by atoms with Crippen LogP contribution in [0.25, 0.3) is 17.5 Å². The molecule has 1 unspecified atom stereocenters. The SMILES string of the molecule is Cc1ccc(-c2nc(C/C=C/c3ccc(CC4SC(=O)NC4=O)s3)c(C)o2)cc1. The van der Waals surface area contributed by atoms with Crippen molar-refractivity contribution < 1.29 is 14.0 Å². The number of nitrogens with one attached hydrogen (secondary N) is 1. The molecule has 0 bridgehead atoms. The van der Waals surface area contributed by atoms with Gasteiger partial charge in [-0.2, -0.15) is 0 Å². The van der Waals surface area contributed by atoms with Crippen LogP contribution in [-0.4, -0.2) is 21.4 Å². The van der Waals surface area contributed by atoms with Crippen LogP contribution in [0.4, 0.5) is 4.79 Å². The minimum absolute atomic E-state index is 0.198. The van der Waals surface area contributed by atoms with Crippen LogP contribution < -0.4 is 5.32 Å². The monoisotopic (exact) mass is 424 g/mol. The minimum atomic E-state index is -0.323. The molecular formula is C22H20N2O3S2. The number of rotatable bonds is 6. The van der Waals surface area contributed by atoms with Gasteiger partial charge in [0.05, 0.1) is 10.9 Å². The molecule has 7 heteroatoms. The Bertz CT molecular complexity index is 1080. The van der Waals surface area contributed by atoms with Gasteiger partial charge in [0.25, 0.3) is 5.24 Å². The predicted molar refractivity (Wildman–Crippen MR) is 117 cm³/mol. The molecule has 4 rings (SSSR count). The average molecular weight is 425 g/mol. The molecule has 1 aromatic carbocycles. The van der Waals surface area contributed by atoms with Gasteiger partial charge in [-0.25, -0.2) is 4.98 Å². The second-order valence-electron chi connectivity index (χ2n) is 6.89. The number of benzene rings is 1. The Balaban J connectivity index is 1.38. The Morgan fingerprint density at radius 2 is 1.93 bits per heavy atom. The maximum Gasteiger partial charge on any atom is 0.286 e. The standard InChI is InChI=1S/C22H20N2O3S2/c1-13-6-8-15(9-7-13)21-23-18(14(2)27-21)5-3-4-16-10-11-17(28-16)12-19-20(25)24-22(26)29-19/h3-4,6-11,19H,5,12H2,1-2H3,(H,24,25,26)/b4-3+. The number of nitrogens with zero attached hydrogens (tertiary/aromatic N) is 1. The molecule has 1 saturated heterocycles. The van der Waals surface area contributed by atoms with Crippen LogP contribution in [0.2, 0.25) is 0 Å². The maximum atomic E-state index is 11.7. The Morgan fingerprint density at radius 3 is 2.66 bits per heavy atom. The summed E-state index contributed by atoms with van der Waals surface area (Å²) in [5.74, 6) is 1.27. The van der Waals surface area contributed by atoms with E-state index >= 15 is 0 Å². The van der Waals surface area contributed by atoms with Crippen LogP contribution in [0, 0.1) is 13.8 Å². The van der Waals surface area contributed by atoms with Crippen molar-refractivity contribution in [3.05, 3.63) is 69.2 Å². The number of thioether (sulfide) groups is 1. The fraction of sp³-hybridized carbons (Fsp3) is 0.227. The lowest BCUT2D eigenvalue weighted by atomic mass is 10.1. The van der Waals surface area contributed by atoms with Gasteiger partial charge in [-0.1, -0.05) is 35.5 Å². The molecule has 1 N–H and O–H groups in total. The van der Waals surface area contributed by atoms with E-state index in [1.807, 2.05) is 43.3 Å². The summed E-state index contributed by atoms with van der Waals surface area (Å²) in [7, 11) is 0. The Morgan fingerprint density at radius 1 is 1.14 bits per heavy atom. The van der Waals surface area contributed by atoms with Crippen molar-refractivity contribution in [1.29, 1.82) is 0 Å². The Hall–Kier alpha value is -2.64. The van der Waals surface area contributed by atoms with Crippen LogP contribution in [-0.2, 0) is 17.6 Å². The van der Waals surface area contributed by atoms with E-state index in [4.69, 9.17) is 4.42 Å². The van der Waals surface area contributed by atoms with Gasteiger partial charge in [0.15, 0.2) is 0 Å². The normalized spacial score (nSPS) is 16.7. The third kappa shape index (κ3) is 4.68. The lowest BCUT2D eigenvalue weighted by Gasteiger charge is -2.01. The van der Waals surface area contributed by atoms with E-state index in [1.54, 1.807) is 11.3 Å². The first-order valence-electron chi connectivity index (χ1n) is 9.28. The first kappa shape index (κ1) is 19.7. The average Bonchev–Trinajstić information content (AvgIpc) is 3.36. The number of imide groups is 1. The summed E-state index contributed by atoms with van der Waals surface area (Å²) in [5, 5.41) is 1.75. The summed E-state index contributed by atoms with van der Waals surface area (Å²) >= 11 is 2.70. The van der Waals surface area contributed by atoms with Crippen molar-refractivity contribution in [1.82, 2.24) is 10.3 Å². The van der Waals surface area contributed by atoms with Crippen molar-refractivity contribution in [2.24, 2.45) is 0 Å². The number of hydrogen-bond acceptors (Lipinski definition) is 6. The molecule has 1 atom stereocenters. The number of carbonyl (C=O) groups excluding carboxylic acids is 2. The van der Waals surface area contributed by atoms with Gasteiger partial charge in [-0.3, -0.25) is 14.9 Å². The molecule has 148 valence electrons. The number of hydrogen-bond donors (Lipinski definition) is 1. The lowest BCUT2D eigenvalue weighted by molar-refractivity contribution is -0.118. The van der Waals surface area contributed by atoms with Gasteiger partial charge in [0.2, 0.25) is 11.8 Å². The zero-order valence-electron chi connectivity index (χ0n) is 16.1. The zero-order valence-corrected chi connectivity index (χ0v) is 17.7. The molecule has 2 aromatic heterocycles. The van der Waals surface area contributed by atoms with E-state index in [9.17, 15) is 9.59 Å². The minimum Gasteiger partial charge on any atom is -0.441 e.